The van der Waals surface area contributed by atoms with Crippen LogP contribution < -0.4 is 0 Å². The predicted octanol–water partition coefficient (Wildman–Crippen LogP) is 1.39. The maximum Gasteiger partial charge on any atom is 0.338 e. The fourth-order valence-corrected chi connectivity index (χ4v) is 1.82. The summed E-state index contributed by atoms with van der Waals surface area (Å²) in [5, 5.41) is 17.6. The molecule has 0 saturated heterocycles. The number of carbonyl (C=O) groups is 1. The molecule has 0 fully saturated rings. The number of rotatable bonds is 5. The van der Waals surface area contributed by atoms with Gasteiger partial charge in [0.1, 0.15) is 10.8 Å². The molecule has 1 aromatic rings. The first kappa shape index (κ1) is 11.9. The highest BCUT2D eigenvalue weighted by molar-refractivity contribution is 7.99. The van der Waals surface area contributed by atoms with Crippen LogP contribution >= 0.6 is 11.8 Å². The summed E-state index contributed by atoms with van der Waals surface area (Å²) in [6, 6.07) is 0.941. The molecule has 82 valence electrons. The van der Waals surface area contributed by atoms with Gasteiger partial charge in [0, 0.05) is 12.4 Å². The Balaban J connectivity index is 2.81. The summed E-state index contributed by atoms with van der Waals surface area (Å²) in [7, 11) is 0. The largest absolute Gasteiger partial charge is 0.478 e. The van der Waals surface area contributed by atoms with Gasteiger partial charge in [0.2, 0.25) is 0 Å². The predicted molar refractivity (Wildman–Crippen MR) is 53.6 cm³/mol. The average Bonchev–Trinajstić information content (AvgIpc) is 2.20. The lowest BCUT2D eigenvalue weighted by Crippen LogP contribution is -2.02. The lowest BCUT2D eigenvalue weighted by molar-refractivity contribution is 0.0691. The van der Waals surface area contributed by atoms with Crippen molar-refractivity contribution in [1.29, 1.82) is 0 Å². The van der Waals surface area contributed by atoms with E-state index in [2.05, 4.69) is 4.98 Å². The molecule has 1 rings (SSSR count). The van der Waals surface area contributed by atoms with Gasteiger partial charge in [-0.3, -0.25) is 0 Å². The molecule has 0 bridgehead atoms. The maximum absolute atomic E-state index is 12.7. The van der Waals surface area contributed by atoms with E-state index in [1.807, 2.05) is 0 Å². The number of aromatic nitrogens is 1. The summed E-state index contributed by atoms with van der Waals surface area (Å²) in [5.74, 6) is -1.32. The van der Waals surface area contributed by atoms with Crippen molar-refractivity contribution >= 4 is 17.7 Å². The lowest BCUT2D eigenvalue weighted by atomic mass is 10.3. The minimum absolute atomic E-state index is 0.0383. The van der Waals surface area contributed by atoms with E-state index in [0.29, 0.717) is 12.2 Å². The first-order valence-corrected chi connectivity index (χ1v) is 5.26. The molecule has 0 unspecified atom stereocenters. The third-order valence-electron chi connectivity index (χ3n) is 1.59. The fraction of sp³-hybridized carbons (Fsp3) is 0.333. The second-order valence-corrected chi connectivity index (χ2v) is 3.82. The topological polar surface area (TPSA) is 70.4 Å². The van der Waals surface area contributed by atoms with Gasteiger partial charge in [-0.1, -0.05) is 0 Å². The van der Waals surface area contributed by atoms with E-state index in [9.17, 15) is 9.18 Å². The van der Waals surface area contributed by atoms with Crippen LogP contribution in [0.5, 0.6) is 0 Å². The number of hydrogen-bond acceptors (Lipinski definition) is 4. The third-order valence-corrected chi connectivity index (χ3v) is 2.68. The Kier molecular flexibility index (Phi) is 4.51. The van der Waals surface area contributed by atoms with Gasteiger partial charge < -0.3 is 10.2 Å². The summed E-state index contributed by atoms with van der Waals surface area (Å²) in [5.41, 5.74) is -0.141. The number of aliphatic hydroxyl groups excluding tert-OH is 1. The molecular formula is C9H10FNO3S. The highest BCUT2D eigenvalue weighted by Crippen LogP contribution is 2.21. The SMILES string of the molecule is O=C(O)c1cc(F)cnc1SCCCO. The van der Waals surface area contributed by atoms with Gasteiger partial charge >= 0.3 is 5.97 Å². The molecule has 1 aromatic heterocycles. The minimum atomic E-state index is -1.20. The van der Waals surface area contributed by atoms with E-state index in [-0.39, 0.29) is 17.2 Å². The average molecular weight is 231 g/mol. The molecule has 2 N–H and O–H groups in total. The van der Waals surface area contributed by atoms with Crippen LogP contribution in [-0.2, 0) is 0 Å². The molecule has 15 heavy (non-hydrogen) atoms. The number of nitrogens with zero attached hydrogens (tertiary/aromatic N) is 1. The van der Waals surface area contributed by atoms with Crippen molar-refractivity contribution in [2.45, 2.75) is 11.4 Å². The molecule has 0 aliphatic heterocycles. The molecule has 0 spiro atoms. The molecule has 0 aliphatic rings. The van der Waals surface area contributed by atoms with Crippen LogP contribution in [0.2, 0.25) is 0 Å². The molecule has 0 atom stereocenters. The molecule has 1 heterocycles. The number of carboxylic acid groups (broad SMARTS) is 1. The summed E-state index contributed by atoms with van der Waals surface area (Å²) in [6.07, 6.45) is 1.52. The van der Waals surface area contributed by atoms with Crippen LogP contribution in [0.1, 0.15) is 16.8 Å². The Hall–Kier alpha value is -1.14. The molecule has 0 aromatic carbocycles. The Bertz CT molecular complexity index is 359. The van der Waals surface area contributed by atoms with E-state index < -0.39 is 11.8 Å². The third kappa shape index (κ3) is 3.49. The number of halogens is 1. The fourth-order valence-electron chi connectivity index (χ4n) is 0.928. The van der Waals surface area contributed by atoms with Gasteiger partial charge in [-0.2, -0.15) is 0 Å². The Labute approximate surface area is 90.1 Å². The number of aromatic carboxylic acids is 1. The summed E-state index contributed by atoms with van der Waals surface area (Å²) < 4.78 is 12.7. The van der Waals surface area contributed by atoms with Crippen LogP contribution in [0.25, 0.3) is 0 Å². The van der Waals surface area contributed by atoms with Crippen LogP contribution in [0.4, 0.5) is 4.39 Å². The van der Waals surface area contributed by atoms with Crippen molar-refractivity contribution in [2.75, 3.05) is 12.4 Å². The van der Waals surface area contributed by atoms with E-state index in [0.717, 1.165) is 12.3 Å². The standard InChI is InChI=1S/C9H10FNO3S/c10-6-4-7(9(13)14)8(11-5-6)15-3-1-2-12/h4-5,12H,1-3H2,(H,13,14). The van der Waals surface area contributed by atoms with Crippen molar-refractivity contribution in [3.8, 4) is 0 Å². The van der Waals surface area contributed by atoms with Crippen molar-refractivity contribution in [3.05, 3.63) is 23.6 Å². The van der Waals surface area contributed by atoms with E-state index in [1.165, 1.54) is 11.8 Å². The zero-order valence-electron chi connectivity index (χ0n) is 7.81. The number of hydrogen-bond donors (Lipinski definition) is 2. The molecule has 0 amide bonds. The van der Waals surface area contributed by atoms with Gasteiger partial charge in [-0.25, -0.2) is 14.2 Å². The number of aliphatic hydroxyl groups is 1. The van der Waals surface area contributed by atoms with Gasteiger partial charge in [-0.05, 0) is 12.5 Å². The van der Waals surface area contributed by atoms with Crippen molar-refractivity contribution in [3.63, 3.8) is 0 Å². The van der Waals surface area contributed by atoms with Gasteiger partial charge in [0.05, 0.1) is 11.8 Å². The molecule has 0 aliphatic carbocycles. The van der Waals surface area contributed by atoms with E-state index >= 15 is 0 Å². The van der Waals surface area contributed by atoms with Crippen molar-refractivity contribution in [2.24, 2.45) is 0 Å². The Morgan fingerprint density at radius 1 is 1.60 bits per heavy atom. The molecule has 6 heteroatoms. The Morgan fingerprint density at radius 3 is 2.93 bits per heavy atom. The van der Waals surface area contributed by atoms with Crippen molar-refractivity contribution < 1.29 is 19.4 Å². The van der Waals surface area contributed by atoms with Crippen LogP contribution in [0.15, 0.2) is 17.3 Å². The zero-order chi connectivity index (χ0) is 11.3. The smallest absolute Gasteiger partial charge is 0.338 e. The monoisotopic (exact) mass is 231 g/mol. The molecule has 0 radical (unpaired) electrons. The number of thioether (sulfide) groups is 1. The van der Waals surface area contributed by atoms with Crippen LogP contribution in [0, 0.1) is 5.82 Å². The highest BCUT2D eigenvalue weighted by Gasteiger charge is 2.12. The van der Waals surface area contributed by atoms with Gasteiger partial charge in [0.15, 0.2) is 0 Å². The van der Waals surface area contributed by atoms with Crippen LogP contribution in [0.3, 0.4) is 0 Å². The summed E-state index contributed by atoms with van der Waals surface area (Å²) >= 11 is 1.19. The second kappa shape index (κ2) is 5.67. The summed E-state index contributed by atoms with van der Waals surface area (Å²) in [6.45, 7) is 0.0383. The molecular weight excluding hydrogens is 221 g/mol. The molecule has 4 nitrogen and oxygen atoms in total. The first-order chi connectivity index (χ1) is 7.15. The quantitative estimate of drug-likeness (QED) is 0.592. The maximum atomic E-state index is 12.7. The van der Waals surface area contributed by atoms with Gasteiger partial charge in [0.25, 0.3) is 0 Å². The zero-order valence-corrected chi connectivity index (χ0v) is 8.63. The normalized spacial score (nSPS) is 10.3. The minimum Gasteiger partial charge on any atom is -0.478 e. The molecule has 0 saturated carbocycles. The van der Waals surface area contributed by atoms with E-state index in [4.69, 9.17) is 10.2 Å². The lowest BCUT2D eigenvalue weighted by Gasteiger charge is -2.03. The second-order valence-electron chi connectivity index (χ2n) is 2.74. The van der Waals surface area contributed by atoms with Crippen LogP contribution in [-0.4, -0.2) is 33.5 Å². The first-order valence-electron chi connectivity index (χ1n) is 4.27. The number of carboxylic acids is 1. The van der Waals surface area contributed by atoms with Gasteiger partial charge in [-0.15, -0.1) is 11.8 Å². The van der Waals surface area contributed by atoms with E-state index in [1.54, 1.807) is 0 Å². The highest BCUT2D eigenvalue weighted by atomic mass is 32.2. The van der Waals surface area contributed by atoms with Crippen molar-refractivity contribution in [1.82, 2.24) is 4.98 Å². The Morgan fingerprint density at radius 2 is 2.33 bits per heavy atom. The summed E-state index contributed by atoms with van der Waals surface area (Å²) in [4.78, 5) is 14.4. The number of pyridine rings is 1.